The summed E-state index contributed by atoms with van der Waals surface area (Å²) in [6.45, 7) is 2.29. The van der Waals surface area contributed by atoms with Gasteiger partial charge in [-0.3, -0.25) is 0 Å². The molecule has 1 aliphatic heterocycles. The summed E-state index contributed by atoms with van der Waals surface area (Å²) in [5, 5.41) is 3.49. The molecule has 1 aliphatic rings. The molecule has 0 aliphatic carbocycles. The Kier molecular flexibility index (Phi) is 3.42. The summed E-state index contributed by atoms with van der Waals surface area (Å²) in [5.74, 6) is 1.25. The third kappa shape index (κ3) is 2.32. The summed E-state index contributed by atoms with van der Waals surface area (Å²) in [5.41, 5.74) is 2.88. The summed E-state index contributed by atoms with van der Waals surface area (Å²) in [6.07, 6.45) is 1.27. The number of hydrogen-bond donors (Lipinski definition) is 1. The van der Waals surface area contributed by atoms with E-state index < -0.39 is 0 Å². The van der Waals surface area contributed by atoms with Crippen LogP contribution in [0.15, 0.2) is 60.7 Å². The van der Waals surface area contributed by atoms with E-state index in [1.54, 1.807) is 0 Å². The maximum absolute atomic E-state index is 3.49. The van der Waals surface area contributed by atoms with Crippen LogP contribution in [0, 0.1) is 5.92 Å². The second-order valence-electron chi connectivity index (χ2n) is 5.05. The average molecular weight is 237 g/mol. The first kappa shape index (κ1) is 11.5. The van der Waals surface area contributed by atoms with Gasteiger partial charge in [-0.15, -0.1) is 0 Å². The van der Waals surface area contributed by atoms with E-state index in [1.807, 2.05) is 0 Å². The van der Waals surface area contributed by atoms with Gasteiger partial charge in [0.1, 0.15) is 0 Å². The average Bonchev–Trinajstić information content (AvgIpc) is 2.95. The van der Waals surface area contributed by atoms with E-state index in [0.29, 0.717) is 5.92 Å². The normalized spacial score (nSPS) is 19.3. The molecule has 1 saturated heterocycles. The lowest BCUT2D eigenvalue weighted by Gasteiger charge is -2.24. The molecule has 2 aromatic carbocycles. The number of nitrogens with one attached hydrogen (secondary N) is 1. The minimum absolute atomic E-state index is 0.530. The van der Waals surface area contributed by atoms with Crippen LogP contribution >= 0.6 is 0 Å². The summed E-state index contributed by atoms with van der Waals surface area (Å²) in [6, 6.07) is 21.8. The number of benzene rings is 2. The molecule has 0 amide bonds. The fourth-order valence-electron chi connectivity index (χ4n) is 3.02. The highest BCUT2D eigenvalue weighted by atomic mass is 14.9. The third-order valence-electron chi connectivity index (χ3n) is 3.89. The summed E-state index contributed by atoms with van der Waals surface area (Å²) in [4.78, 5) is 0. The first-order valence-corrected chi connectivity index (χ1v) is 6.76. The Bertz CT molecular complexity index is 432. The van der Waals surface area contributed by atoms with Gasteiger partial charge in [-0.2, -0.15) is 0 Å². The molecule has 92 valence electrons. The van der Waals surface area contributed by atoms with Crippen LogP contribution < -0.4 is 5.32 Å². The van der Waals surface area contributed by atoms with Crippen molar-refractivity contribution in [2.45, 2.75) is 12.3 Å². The fraction of sp³-hybridized carbons (Fsp3) is 0.294. The van der Waals surface area contributed by atoms with E-state index in [2.05, 4.69) is 66.0 Å². The highest BCUT2D eigenvalue weighted by molar-refractivity contribution is 5.33. The molecule has 18 heavy (non-hydrogen) atoms. The minimum Gasteiger partial charge on any atom is -0.316 e. The Labute approximate surface area is 109 Å². The van der Waals surface area contributed by atoms with Crippen molar-refractivity contribution in [1.82, 2.24) is 5.32 Å². The van der Waals surface area contributed by atoms with Gasteiger partial charge in [-0.1, -0.05) is 60.7 Å². The van der Waals surface area contributed by atoms with Gasteiger partial charge in [0.05, 0.1) is 0 Å². The lowest BCUT2D eigenvalue weighted by molar-refractivity contribution is 0.512. The lowest BCUT2D eigenvalue weighted by atomic mass is 9.80. The van der Waals surface area contributed by atoms with Crippen molar-refractivity contribution in [2.24, 2.45) is 5.92 Å². The highest BCUT2D eigenvalue weighted by Gasteiger charge is 2.27. The number of hydrogen-bond acceptors (Lipinski definition) is 1. The zero-order valence-electron chi connectivity index (χ0n) is 10.5. The molecule has 2 aromatic rings. The quantitative estimate of drug-likeness (QED) is 0.862. The van der Waals surface area contributed by atoms with Crippen molar-refractivity contribution < 1.29 is 0 Å². The van der Waals surface area contributed by atoms with Crippen LogP contribution in [-0.2, 0) is 0 Å². The van der Waals surface area contributed by atoms with Gasteiger partial charge >= 0.3 is 0 Å². The van der Waals surface area contributed by atoms with Crippen molar-refractivity contribution in [3.05, 3.63) is 71.8 Å². The SMILES string of the molecule is c1ccc(C(c2ccccc2)[C@@H]2CCNC2)cc1. The van der Waals surface area contributed by atoms with Gasteiger partial charge in [0.2, 0.25) is 0 Å². The van der Waals surface area contributed by atoms with E-state index in [-0.39, 0.29) is 0 Å². The molecule has 1 atom stereocenters. The molecular weight excluding hydrogens is 218 g/mol. The smallest absolute Gasteiger partial charge is 0.0130 e. The third-order valence-corrected chi connectivity index (χ3v) is 3.89. The molecular formula is C17H19N. The molecule has 0 bridgehead atoms. The van der Waals surface area contributed by atoms with Crippen LogP contribution in [0.2, 0.25) is 0 Å². The second kappa shape index (κ2) is 5.36. The molecule has 1 N–H and O–H groups in total. The van der Waals surface area contributed by atoms with Gasteiger partial charge in [-0.25, -0.2) is 0 Å². The van der Waals surface area contributed by atoms with Crippen LogP contribution in [0.3, 0.4) is 0 Å². The Morgan fingerprint density at radius 1 is 0.833 bits per heavy atom. The van der Waals surface area contributed by atoms with E-state index in [9.17, 15) is 0 Å². The summed E-state index contributed by atoms with van der Waals surface area (Å²) >= 11 is 0. The molecule has 0 radical (unpaired) electrons. The zero-order chi connectivity index (χ0) is 12.2. The topological polar surface area (TPSA) is 12.0 Å². The first-order chi connectivity index (χ1) is 8.95. The van der Waals surface area contributed by atoms with Gasteiger partial charge in [0.15, 0.2) is 0 Å². The summed E-state index contributed by atoms with van der Waals surface area (Å²) in [7, 11) is 0. The van der Waals surface area contributed by atoms with E-state index in [0.717, 1.165) is 19.0 Å². The van der Waals surface area contributed by atoms with Crippen molar-refractivity contribution in [3.63, 3.8) is 0 Å². The molecule has 0 aromatic heterocycles. The zero-order valence-corrected chi connectivity index (χ0v) is 10.5. The highest BCUT2D eigenvalue weighted by Crippen LogP contribution is 2.34. The predicted molar refractivity (Wildman–Crippen MR) is 75.7 cm³/mol. The Hall–Kier alpha value is -1.60. The predicted octanol–water partition coefficient (Wildman–Crippen LogP) is 3.43. The van der Waals surface area contributed by atoms with Crippen LogP contribution in [0.25, 0.3) is 0 Å². The minimum atomic E-state index is 0.530. The van der Waals surface area contributed by atoms with E-state index >= 15 is 0 Å². The van der Waals surface area contributed by atoms with Gasteiger partial charge in [0, 0.05) is 5.92 Å². The summed E-state index contributed by atoms with van der Waals surface area (Å²) < 4.78 is 0. The molecule has 1 heterocycles. The molecule has 3 rings (SSSR count). The van der Waals surface area contributed by atoms with Gasteiger partial charge in [0.25, 0.3) is 0 Å². The molecule has 0 saturated carbocycles. The fourth-order valence-corrected chi connectivity index (χ4v) is 3.02. The van der Waals surface area contributed by atoms with Crippen molar-refractivity contribution in [3.8, 4) is 0 Å². The standard InChI is InChI=1S/C17H19N/c1-3-7-14(8-4-1)17(16-11-12-18-13-16)15-9-5-2-6-10-15/h1-10,16-18H,11-13H2/t16-/m1/s1. The van der Waals surface area contributed by atoms with Crippen LogP contribution in [-0.4, -0.2) is 13.1 Å². The maximum atomic E-state index is 3.49. The number of rotatable bonds is 3. The van der Waals surface area contributed by atoms with Gasteiger partial charge < -0.3 is 5.32 Å². The molecule has 1 nitrogen and oxygen atoms in total. The van der Waals surface area contributed by atoms with Crippen LogP contribution in [0.5, 0.6) is 0 Å². The molecule has 1 fully saturated rings. The Balaban J connectivity index is 1.98. The maximum Gasteiger partial charge on any atom is 0.0130 e. The van der Waals surface area contributed by atoms with Crippen molar-refractivity contribution in [2.75, 3.05) is 13.1 Å². The second-order valence-corrected chi connectivity index (χ2v) is 5.05. The van der Waals surface area contributed by atoms with Crippen LogP contribution in [0.4, 0.5) is 0 Å². The lowest BCUT2D eigenvalue weighted by Crippen LogP contribution is -2.17. The van der Waals surface area contributed by atoms with E-state index in [4.69, 9.17) is 0 Å². The monoisotopic (exact) mass is 237 g/mol. The molecule has 0 unspecified atom stereocenters. The van der Waals surface area contributed by atoms with Crippen molar-refractivity contribution >= 4 is 0 Å². The largest absolute Gasteiger partial charge is 0.316 e. The van der Waals surface area contributed by atoms with Crippen molar-refractivity contribution in [1.29, 1.82) is 0 Å². The molecule has 1 heteroatoms. The Morgan fingerprint density at radius 3 is 1.83 bits per heavy atom. The molecule has 0 spiro atoms. The van der Waals surface area contributed by atoms with Crippen LogP contribution in [0.1, 0.15) is 23.5 Å². The first-order valence-electron chi connectivity index (χ1n) is 6.76. The van der Waals surface area contributed by atoms with E-state index in [1.165, 1.54) is 17.5 Å². The Morgan fingerprint density at radius 2 is 1.39 bits per heavy atom. The van der Waals surface area contributed by atoms with Gasteiger partial charge in [-0.05, 0) is 36.6 Å².